The van der Waals surface area contributed by atoms with Gasteiger partial charge in [-0.1, -0.05) is 0 Å². The van der Waals surface area contributed by atoms with E-state index in [9.17, 15) is 0 Å². The molecule has 5 heteroatoms. The minimum atomic E-state index is 0.717. The quantitative estimate of drug-likeness (QED) is 0.771. The van der Waals surface area contributed by atoms with Crippen LogP contribution in [0.15, 0.2) is 12.4 Å². The molecule has 1 aliphatic carbocycles. The molecule has 1 aliphatic rings. The summed E-state index contributed by atoms with van der Waals surface area (Å²) in [5.41, 5.74) is 1.02. The molecule has 1 aromatic heterocycles. The molecule has 0 unspecified atom stereocenters. The molecule has 18 heavy (non-hydrogen) atoms. The molecule has 100 valence electrons. The molecule has 1 N–H and O–H groups in total. The summed E-state index contributed by atoms with van der Waals surface area (Å²) >= 11 is 0. The molecule has 5 nitrogen and oxygen atoms in total. The first-order chi connectivity index (χ1) is 8.65. The summed E-state index contributed by atoms with van der Waals surface area (Å²) in [6, 6.07) is 0.717. The van der Waals surface area contributed by atoms with Crippen LogP contribution in [-0.2, 0) is 6.54 Å². The van der Waals surface area contributed by atoms with Crippen LogP contribution in [0.3, 0.4) is 0 Å². The van der Waals surface area contributed by atoms with E-state index in [-0.39, 0.29) is 0 Å². The molecule has 1 fully saturated rings. The molecule has 1 heterocycles. The Morgan fingerprint density at radius 3 is 2.50 bits per heavy atom. The van der Waals surface area contributed by atoms with Crippen LogP contribution in [0.1, 0.15) is 18.5 Å². The molecule has 1 aromatic rings. The predicted molar refractivity (Wildman–Crippen MR) is 73.7 cm³/mol. The largest absolute Gasteiger partial charge is 0.357 e. The highest BCUT2D eigenvalue weighted by atomic mass is 15.2. The average molecular weight is 249 g/mol. The van der Waals surface area contributed by atoms with Gasteiger partial charge < -0.3 is 15.1 Å². The van der Waals surface area contributed by atoms with Gasteiger partial charge in [0.2, 0.25) is 0 Å². The van der Waals surface area contributed by atoms with Gasteiger partial charge in [-0.15, -0.1) is 0 Å². The maximum Gasteiger partial charge on any atom is 0.146 e. The summed E-state index contributed by atoms with van der Waals surface area (Å²) in [5, 5.41) is 3.44. The lowest BCUT2D eigenvalue weighted by molar-refractivity contribution is 0.416. The fourth-order valence-corrected chi connectivity index (χ4v) is 1.64. The minimum absolute atomic E-state index is 0.717. The zero-order valence-electron chi connectivity index (χ0n) is 11.6. The highest BCUT2D eigenvalue weighted by Crippen LogP contribution is 2.19. The van der Waals surface area contributed by atoms with E-state index in [1.807, 2.05) is 12.4 Å². The van der Waals surface area contributed by atoms with Crippen LogP contribution in [0.2, 0.25) is 0 Å². The SMILES string of the molecule is CN(C)CCN(C)c1cnc(CNC2CC2)cn1. The van der Waals surface area contributed by atoms with Crippen molar-refractivity contribution in [2.45, 2.75) is 25.4 Å². The summed E-state index contributed by atoms with van der Waals surface area (Å²) in [6.45, 7) is 2.81. The van der Waals surface area contributed by atoms with Crippen LogP contribution in [0.4, 0.5) is 5.82 Å². The molecular formula is C13H23N5. The lowest BCUT2D eigenvalue weighted by atomic mass is 10.4. The maximum absolute atomic E-state index is 4.46. The molecule has 2 rings (SSSR count). The molecule has 1 saturated carbocycles. The molecule has 0 saturated heterocycles. The first-order valence-corrected chi connectivity index (χ1v) is 6.55. The van der Waals surface area contributed by atoms with Crippen LogP contribution in [0.5, 0.6) is 0 Å². The van der Waals surface area contributed by atoms with Gasteiger partial charge in [0.05, 0.1) is 18.1 Å². The molecule has 0 amide bonds. The number of nitrogens with one attached hydrogen (secondary N) is 1. The van der Waals surface area contributed by atoms with E-state index < -0.39 is 0 Å². The van der Waals surface area contributed by atoms with E-state index in [0.29, 0.717) is 6.04 Å². The third-order valence-corrected chi connectivity index (χ3v) is 3.11. The smallest absolute Gasteiger partial charge is 0.146 e. The Labute approximate surface area is 109 Å². The molecule has 0 aromatic carbocycles. The van der Waals surface area contributed by atoms with Crippen molar-refractivity contribution >= 4 is 5.82 Å². The highest BCUT2D eigenvalue weighted by molar-refractivity contribution is 5.34. The monoisotopic (exact) mass is 249 g/mol. The van der Waals surface area contributed by atoms with Crippen LogP contribution >= 0.6 is 0 Å². The number of anilines is 1. The standard InChI is InChI=1S/C13H23N5/c1-17(2)6-7-18(3)13-10-15-12(9-16-13)8-14-11-4-5-11/h9-11,14H,4-8H2,1-3H3. The maximum atomic E-state index is 4.46. The second-order valence-corrected chi connectivity index (χ2v) is 5.25. The first kappa shape index (κ1) is 13.2. The molecule has 0 spiro atoms. The molecule has 0 aliphatic heterocycles. The summed E-state index contributed by atoms with van der Waals surface area (Å²) in [7, 11) is 6.20. The highest BCUT2D eigenvalue weighted by Gasteiger charge is 2.20. The third kappa shape index (κ3) is 4.23. The Bertz CT molecular complexity index is 358. The van der Waals surface area contributed by atoms with E-state index >= 15 is 0 Å². The van der Waals surface area contributed by atoms with Gasteiger partial charge in [-0.2, -0.15) is 0 Å². The van der Waals surface area contributed by atoms with Gasteiger partial charge >= 0.3 is 0 Å². The van der Waals surface area contributed by atoms with Crippen molar-refractivity contribution in [1.29, 1.82) is 0 Å². The van der Waals surface area contributed by atoms with Crippen LogP contribution in [-0.4, -0.2) is 55.1 Å². The van der Waals surface area contributed by atoms with Crippen molar-refractivity contribution in [1.82, 2.24) is 20.2 Å². The minimum Gasteiger partial charge on any atom is -0.357 e. The lowest BCUT2D eigenvalue weighted by Gasteiger charge is -2.20. The summed E-state index contributed by atoms with van der Waals surface area (Å²) in [5.74, 6) is 0.937. The summed E-state index contributed by atoms with van der Waals surface area (Å²) in [6.07, 6.45) is 6.34. The fraction of sp³-hybridized carbons (Fsp3) is 0.692. The van der Waals surface area contributed by atoms with Gasteiger partial charge in [0.25, 0.3) is 0 Å². The van der Waals surface area contributed by atoms with Crippen molar-refractivity contribution in [3.05, 3.63) is 18.1 Å². The van der Waals surface area contributed by atoms with E-state index in [2.05, 4.69) is 46.2 Å². The number of likely N-dealkylation sites (N-methyl/N-ethyl adjacent to an activating group) is 2. The fourth-order valence-electron chi connectivity index (χ4n) is 1.64. The number of hydrogen-bond donors (Lipinski definition) is 1. The van der Waals surface area contributed by atoms with Crippen molar-refractivity contribution in [2.75, 3.05) is 39.1 Å². The van der Waals surface area contributed by atoms with Crippen molar-refractivity contribution in [3.63, 3.8) is 0 Å². The van der Waals surface area contributed by atoms with E-state index in [1.165, 1.54) is 12.8 Å². The number of rotatable bonds is 7. The van der Waals surface area contributed by atoms with Crippen LogP contribution in [0.25, 0.3) is 0 Å². The van der Waals surface area contributed by atoms with Gasteiger partial charge in [0, 0.05) is 32.7 Å². The van der Waals surface area contributed by atoms with Gasteiger partial charge in [-0.25, -0.2) is 4.98 Å². The zero-order chi connectivity index (χ0) is 13.0. The molecule has 0 atom stereocenters. The zero-order valence-corrected chi connectivity index (χ0v) is 11.6. The van der Waals surface area contributed by atoms with Gasteiger partial charge in [0.1, 0.15) is 5.82 Å². The number of aromatic nitrogens is 2. The summed E-state index contributed by atoms with van der Waals surface area (Å²) < 4.78 is 0. The second-order valence-electron chi connectivity index (χ2n) is 5.25. The Morgan fingerprint density at radius 2 is 1.94 bits per heavy atom. The van der Waals surface area contributed by atoms with Crippen LogP contribution in [0, 0.1) is 0 Å². The number of hydrogen-bond acceptors (Lipinski definition) is 5. The first-order valence-electron chi connectivity index (χ1n) is 6.55. The molecule has 0 radical (unpaired) electrons. The van der Waals surface area contributed by atoms with Crippen molar-refractivity contribution in [3.8, 4) is 0 Å². The van der Waals surface area contributed by atoms with Gasteiger partial charge in [-0.05, 0) is 26.9 Å². The Kier molecular flexibility index (Phi) is 4.49. The van der Waals surface area contributed by atoms with E-state index in [0.717, 1.165) is 31.1 Å². The Hall–Kier alpha value is -1.20. The van der Waals surface area contributed by atoms with Gasteiger partial charge in [-0.3, -0.25) is 4.98 Å². The van der Waals surface area contributed by atoms with Crippen molar-refractivity contribution in [2.24, 2.45) is 0 Å². The van der Waals surface area contributed by atoms with Gasteiger partial charge in [0.15, 0.2) is 0 Å². The number of nitrogens with zero attached hydrogens (tertiary/aromatic N) is 4. The topological polar surface area (TPSA) is 44.3 Å². The van der Waals surface area contributed by atoms with Crippen molar-refractivity contribution < 1.29 is 0 Å². The Morgan fingerprint density at radius 1 is 1.17 bits per heavy atom. The second kappa shape index (κ2) is 6.11. The van der Waals surface area contributed by atoms with E-state index in [4.69, 9.17) is 0 Å². The van der Waals surface area contributed by atoms with Crippen LogP contribution < -0.4 is 10.2 Å². The summed E-state index contributed by atoms with van der Waals surface area (Å²) in [4.78, 5) is 13.2. The lowest BCUT2D eigenvalue weighted by Crippen LogP contribution is -2.29. The molecule has 0 bridgehead atoms. The average Bonchev–Trinajstić information content (AvgIpc) is 3.18. The Balaban J connectivity index is 1.81. The molecular weight excluding hydrogens is 226 g/mol. The predicted octanol–water partition coefficient (Wildman–Crippen LogP) is 0.726. The normalized spacial score (nSPS) is 15.1. The van der Waals surface area contributed by atoms with E-state index in [1.54, 1.807) is 0 Å². The third-order valence-electron chi connectivity index (χ3n) is 3.11.